The molecule has 2 rings (SSSR count). The van der Waals surface area contributed by atoms with Crippen LogP contribution in [-0.4, -0.2) is 28.1 Å². The fourth-order valence-corrected chi connectivity index (χ4v) is 2.31. The van der Waals surface area contributed by atoms with E-state index in [0.717, 1.165) is 17.7 Å². The molecule has 0 spiro atoms. The molecule has 0 aliphatic carbocycles. The van der Waals surface area contributed by atoms with Crippen molar-refractivity contribution in [3.63, 3.8) is 0 Å². The zero-order valence-electron chi connectivity index (χ0n) is 10.5. The second kappa shape index (κ2) is 5.82. The number of amides is 1. The molecule has 4 nitrogen and oxygen atoms in total. The van der Waals surface area contributed by atoms with Gasteiger partial charge in [-0.05, 0) is 25.0 Å². The summed E-state index contributed by atoms with van der Waals surface area (Å²) in [6, 6.07) is 7.85. The normalized spacial score (nSPS) is 18.2. The Bertz CT molecular complexity index is 511. The van der Waals surface area contributed by atoms with Crippen LogP contribution in [0.1, 0.15) is 18.9 Å². The van der Waals surface area contributed by atoms with E-state index in [9.17, 15) is 4.79 Å². The minimum atomic E-state index is -0.0166. The number of hydrogen-bond acceptors (Lipinski definition) is 4. The third-order valence-electron chi connectivity index (χ3n) is 2.45. The van der Waals surface area contributed by atoms with Crippen molar-refractivity contribution in [1.82, 2.24) is 5.01 Å². The fourth-order valence-electron chi connectivity index (χ4n) is 1.50. The lowest BCUT2D eigenvalue weighted by atomic mass is 10.2. The number of rotatable bonds is 3. The molecule has 1 aromatic rings. The van der Waals surface area contributed by atoms with Crippen molar-refractivity contribution < 1.29 is 4.79 Å². The summed E-state index contributed by atoms with van der Waals surface area (Å²) in [5, 5.41) is 6.18. The van der Waals surface area contributed by atoms with Crippen LogP contribution in [0.25, 0.3) is 0 Å². The highest BCUT2D eigenvalue weighted by Gasteiger charge is 2.27. The summed E-state index contributed by atoms with van der Waals surface area (Å²) in [6.45, 7) is 3.98. The van der Waals surface area contributed by atoms with Crippen LogP contribution >= 0.6 is 11.8 Å². The molecule has 0 atom stereocenters. The van der Waals surface area contributed by atoms with E-state index in [1.807, 2.05) is 38.1 Å². The molecule has 0 radical (unpaired) electrons. The van der Waals surface area contributed by atoms with E-state index < -0.39 is 0 Å². The van der Waals surface area contributed by atoms with Gasteiger partial charge in [0, 0.05) is 6.21 Å². The number of nitrogens with zero attached hydrogens (tertiary/aromatic N) is 3. The summed E-state index contributed by atoms with van der Waals surface area (Å²) < 4.78 is 0. The number of thioether (sulfide) groups is 1. The molecular formula is C13H15N3OS. The molecule has 18 heavy (non-hydrogen) atoms. The van der Waals surface area contributed by atoms with Gasteiger partial charge in [0.05, 0.1) is 11.4 Å². The number of carbonyl (C=O) groups excluding carboxylic acids is 1. The molecule has 1 saturated heterocycles. The number of hydrogen-bond donors (Lipinski definition) is 0. The lowest BCUT2D eigenvalue weighted by Gasteiger charge is -2.09. The quantitative estimate of drug-likeness (QED) is 0.785. The Labute approximate surface area is 111 Å². The van der Waals surface area contributed by atoms with E-state index in [4.69, 9.17) is 0 Å². The summed E-state index contributed by atoms with van der Waals surface area (Å²) in [6.07, 6.45) is 2.52. The largest absolute Gasteiger partial charge is 0.271 e. The van der Waals surface area contributed by atoms with Gasteiger partial charge in [-0.1, -0.05) is 36.9 Å². The molecule has 1 aliphatic heterocycles. The van der Waals surface area contributed by atoms with E-state index in [1.54, 1.807) is 6.21 Å². The first kappa shape index (κ1) is 12.8. The van der Waals surface area contributed by atoms with Crippen molar-refractivity contribution in [2.45, 2.75) is 20.3 Å². The number of carbonyl (C=O) groups is 1. The minimum Gasteiger partial charge on any atom is -0.271 e. The number of para-hydroxylation sites is 1. The third kappa shape index (κ3) is 2.79. The topological polar surface area (TPSA) is 45.0 Å². The molecule has 0 unspecified atom stereocenters. The van der Waals surface area contributed by atoms with Gasteiger partial charge >= 0.3 is 0 Å². The first-order chi connectivity index (χ1) is 8.72. The predicted molar refractivity (Wildman–Crippen MR) is 76.4 cm³/mol. The van der Waals surface area contributed by atoms with E-state index in [2.05, 4.69) is 10.1 Å². The third-order valence-corrected chi connectivity index (χ3v) is 3.37. The smallest absolute Gasteiger partial charge is 0.259 e. The van der Waals surface area contributed by atoms with Crippen molar-refractivity contribution in [2.24, 2.45) is 10.1 Å². The molecule has 1 fully saturated rings. The van der Waals surface area contributed by atoms with Gasteiger partial charge in [0.1, 0.15) is 0 Å². The Morgan fingerprint density at radius 1 is 1.44 bits per heavy atom. The van der Waals surface area contributed by atoms with Gasteiger partial charge in [-0.15, -0.1) is 0 Å². The summed E-state index contributed by atoms with van der Waals surface area (Å²) in [7, 11) is 0. The van der Waals surface area contributed by atoms with Crippen molar-refractivity contribution in [3.8, 4) is 0 Å². The maximum Gasteiger partial charge on any atom is 0.259 e. The lowest BCUT2D eigenvalue weighted by Crippen LogP contribution is -2.23. The predicted octanol–water partition coefficient (Wildman–Crippen LogP) is 2.95. The number of aryl methyl sites for hydroxylation is 1. The highest BCUT2D eigenvalue weighted by atomic mass is 32.2. The maximum absolute atomic E-state index is 11.7. The Kier molecular flexibility index (Phi) is 4.15. The Balaban J connectivity index is 2.29. The lowest BCUT2D eigenvalue weighted by molar-refractivity contribution is -0.124. The number of hydrazone groups is 1. The molecule has 1 amide bonds. The van der Waals surface area contributed by atoms with Crippen LogP contribution in [0.3, 0.4) is 0 Å². The van der Waals surface area contributed by atoms with Crippen LogP contribution < -0.4 is 0 Å². The van der Waals surface area contributed by atoms with Gasteiger partial charge < -0.3 is 0 Å². The second-order valence-electron chi connectivity index (χ2n) is 3.88. The van der Waals surface area contributed by atoms with Crippen molar-refractivity contribution in [1.29, 1.82) is 0 Å². The monoisotopic (exact) mass is 261 g/mol. The van der Waals surface area contributed by atoms with Crippen LogP contribution in [0.5, 0.6) is 0 Å². The van der Waals surface area contributed by atoms with Crippen LogP contribution in [0.15, 0.2) is 34.4 Å². The zero-order valence-corrected chi connectivity index (χ0v) is 11.3. The Morgan fingerprint density at radius 2 is 2.22 bits per heavy atom. The maximum atomic E-state index is 11.7. The first-order valence-electron chi connectivity index (χ1n) is 5.85. The summed E-state index contributed by atoms with van der Waals surface area (Å²) >= 11 is 1.43. The molecule has 1 aliphatic rings. The van der Waals surface area contributed by atoms with Crippen LogP contribution in [0, 0.1) is 6.92 Å². The summed E-state index contributed by atoms with van der Waals surface area (Å²) in [5.74, 6) is 0.392. The molecule has 1 heterocycles. The number of aliphatic imine (C=N–C) groups is 1. The van der Waals surface area contributed by atoms with Gasteiger partial charge in [0.25, 0.3) is 5.91 Å². The Hall–Kier alpha value is -1.62. The summed E-state index contributed by atoms with van der Waals surface area (Å²) in [5.41, 5.74) is 1.97. The molecule has 0 bridgehead atoms. The van der Waals surface area contributed by atoms with Crippen LogP contribution in [0.4, 0.5) is 5.69 Å². The zero-order chi connectivity index (χ0) is 13.0. The summed E-state index contributed by atoms with van der Waals surface area (Å²) in [4.78, 5) is 16.2. The van der Waals surface area contributed by atoms with E-state index in [1.165, 1.54) is 16.8 Å². The first-order valence-corrected chi connectivity index (χ1v) is 6.83. The standard InChI is InChI=1S/C13H15N3OS/c1-3-8-14-16-12(17)9-18-13(16)15-11-7-5-4-6-10(11)2/h4-8H,3,9H2,1-2H3/b14-8+,15-13-. The van der Waals surface area contributed by atoms with E-state index >= 15 is 0 Å². The SMILES string of the molecule is CC/C=N/N1C(=O)CS/C1=N\c1ccccc1C. The fraction of sp³-hybridized carbons (Fsp3) is 0.308. The van der Waals surface area contributed by atoms with Gasteiger partial charge in [0.15, 0.2) is 5.17 Å². The second-order valence-corrected chi connectivity index (χ2v) is 4.82. The van der Waals surface area contributed by atoms with Crippen molar-refractivity contribution in [2.75, 3.05) is 5.75 Å². The highest BCUT2D eigenvalue weighted by Crippen LogP contribution is 2.25. The van der Waals surface area contributed by atoms with Crippen molar-refractivity contribution in [3.05, 3.63) is 29.8 Å². The molecule has 0 saturated carbocycles. The number of amidine groups is 1. The number of benzene rings is 1. The van der Waals surface area contributed by atoms with Gasteiger partial charge in [-0.25, -0.2) is 4.99 Å². The average molecular weight is 261 g/mol. The minimum absolute atomic E-state index is 0.0166. The molecule has 1 aromatic carbocycles. The molecule has 5 heteroatoms. The molecule has 0 N–H and O–H groups in total. The molecule has 0 aromatic heterocycles. The van der Waals surface area contributed by atoms with Gasteiger partial charge in [-0.2, -0.15) is 10.1 Å². The Morgan fingerprint density at radius 3 is 2.94 bits per heavy atom. The van der Waals surface area contributed by atoms with E-state index in [0.29, 0.717) is 10.9 Å². The average Bonchev–Trinajstić information content (AvgIpc) is 2.71. The van der Waals surface area contributed by atoms with Crippen LogP contribution in [-0.2, 0) is 4.79 Å². The van der Waals surface area contributed by atoms with Gasteiger partial charge in [0.2, 0.25) is 0 Å². The highest BCUT2D eigenvalue weighted by molar-refractivity contribution is 8.15. The van der Waals surface area contributed by atoms with Crippen molar-refractivity contribution >= 4 is 34.7 Å². The molecule has 94 valence electrons. The van der Waals surface area contributed by atoms with Crippen LogP contribution in [0.2, 0.25) is 0 Å². The van der Waals surface area contributed by atoms with E-state index in [-0.39, 0.29) is 5.91 Å². The molecular weight excluding hydrogens is 246 g/mol. The van der Waals surface area contributed by atoms with Gasteiger partial charge in [-0.3, -0.25) is 4.79 Å².